The Labute approximate surface area is 178 Å². The van der Waals surface area contributed by atoms with E-state index in [4.69, 9.17) is 11.5 Å². The summed E-state index contributed by atoms with van der Waals surface area (Å²) in [5.74, 6) is -1.89. The van der Waals surface area contributed by atoms with Crippen LogP contribution in [0.2, 0.25) is 0 Å². The van der Waals surface area contributed by atoms with Gasteiger partial charge in [0.15, 0.2) is 5.78 Å². The zero-order chi connectivity index (χ0) is 23.3. The van der Waals surface area contributed by atoms with E-state index in [0.717, 1.165) is 0 Å². The number of rotatable bonds is 15. The summed E-state index contributed by atoms with van der Waals surface area (Å²) < 4.78 is 0. The number of carbonyl (C=O) groups excluding carboxylic acids is 4. The van der Waals surface area contributed by atoms with Crippen molar-refractivity contribution in [2.75, 3.05) is 19.6 Å². The van der Waals surface area contributed by atoms with Gasteiger partial charge in [-0.3, -0.25) is 19.2 Å². The van der Waals surface area contributed by atoms with Crippen LogP contribution in [0.4, 0.5) is 0 Å². The van der Waals surface area contributed by atoms with Crippen LogP contribution in [0.3, 0.4) is 0 Å². The highest BCUT2D eigenvalue weighted by atomic mass is 16.3. The molecule has 0 spiro atoms. The van der Waals surface area contributed by atoms with Gasteiger partial charge in [0.2, 0.25) is 17.7 Å². The number of aliphatic hydroxyl groups excluding tert-OH is 1. The average Bonchev–Trinajstić information content (AvgIpc) is 2.72. The predicted molar refractivity (Wildman–Crippen MR) is 114 cm³/mol. The van der Waals surface area contributed by atoms with Crippen molar-refractivity contribution in [2.45, 2.75) is 71.6 Å². The van der Waals surface area contributed by atoms with E-state index in [1.54, 1.807) is 6.92 Å². The third kappa shape index (κ3) is 10.7. The van der Waals surface area contributed by atoms with Gasteiger partial charge in [0.05, 0.1) is 12.6 Å². The predicted octanol–water partition coefficient (Wildman–Crippen LogP) is -1.21. The van der Waals surface area contributed by atoms with Crippen molar-refractivity contribution in [2.24, 2.45) is 23.3 Å². The lowest BCUT2D eigenvalue weighted by Crippen LogP contribution is -2.54. The quantitative estimate of drug-likeness (QED) is 0.189. The standard InChI is InChI=1S/C20H39N5O5/c1-5-13(4)18(28)15(10-22)24-17(27)11-23-19(29)14(8-9-21)25-20(30)16(26)7-6-12(2)3/h12-16,26H,5-11,21-22H2,1-4H3,(H,23,29)(H,24,27)(H,25,30). The number of hydrogen-bond acceptors (Lipinski definition) is 7. The molecular weight excluding hydrogens is 390 g/mol. The lowest BCUT2D eigenvalue weighted by atomic mass is 9.97. The van der Waals surface area contributed by atoms with Crippen LogP contribution >= 0.6 is 0 Å². The molecule has 0 saturated carbocycles. The number of aliphatic hydroxyl groups is 1. The van der Waals surface area contributed by atoms with E-state index < -0.39 is 35.9 Å². The second kappa shape index (κ2) is 14.9. The van der Waals surface area contributed by atoms with Crippen molar-refractivity contribution in [1.29, 1.82) is 0 Å². The van der Waals surface area contributed by atoms with Crippen LogP contribution in [0.5, 0.6) is 0 Å². The van der Waals surface area contributed by atoms with Gasteiger partial charge in [-0.05, 0) is 38.1 Å². The number of carbonyl (C=O) groups is 4. The molecule has 0 aliphatic rings. The molecule has 0 aliphatic carbocycles. The van der Waals surface area contributed by atoms with E-state index in [0.29, 0.717) is 18.8 Å². The molecule has 0 aromatic rings. The highest BCUT2D eigenvalue weighted by molar-refractivity contribution is 5.94. The minimum Gasteiger partial charge on any atom is -0.383 e. The molecule has 0 fully saturated rings. The Balaban J connectivity index is 4.71. The maximum atomic E-state index is 12.4. The summed E-state index contributed by atoms with van der Waals surface area (Å²) in [6.45, 7) is 7.29. The molecule has 0 aliphatic heterocycles. The molecule has 0 heterocycles. The summed E-state index contributed by atoms with van der Waals surface area (Å²) in [4.78, 5) is 48.8. The molecule has 10 nitrogen and oxygen atoms in total. The topological polar surface area (TPSA) is 177 Å². The van der Waals surface area contributed by atoms with E-state index in [1.807, 2.05) is 20.8 Å². The molecule has 8 N–H and O–H groups in total. The summed E-state index contributed by atoms with van der Waals surface area (Å²) in [5, 5.41) is 17.3. The van der Waals surface area contributed by atoms with E-state index in [9.17, 15) is 24.3 Å². The normalized spacial score (nSPS) is 15.1. The highest BCUT2D eigenvalue weighted by Gasteiger charge is 2.26. The first-order valence-corrected chi connectivity index (χ1v) is 10.6. The maximum absolute atomic E-state index is 12.4. The van der Waals surface area contributed by atoms with Gasteiger partial charge in [0.1, 0.15) is 12.1 Å². The molecule has 4 atom stereocenters. The summed E-state index contributed by atoms with van der Waals surface area (Å²) in [7, 11) is 0. The zero-order valence-corrected chi connectivity index (χ0v) is 18.6. The number of hydrogen-bond donors (Lipinski definition) is 6. The molecule has 0 aromatic carbocycles. The van der Waals surface area contributed by atoms with Gasteiger partial charge in [-0.15, -0.1) is 0 Å². The van der Waals surface area contributed by atoms with E-state index in [2.05, 4.69) is 16.0 Å². The average molecular weight is 430 g/mol. The Bertz CT molecular complexity index is 570. The SMILES string of the molecule is CCC(C)C(=O)C(CN)NC(=O)CNC(=O)C(CCN)NC(=O)C(O)CCC(C)C. The molecule has 3 amide bonds. The Morgan fingerprint density at radius 2 is 1.53 bits per heavy atom. The van der Waals surface area contributed by atoms with Crippen LogP contribution in [0.15, 0.2) is 0 Å². The Kier molecular flexibility index (Phi) is 13.9. The summed E-state index contributed by atoms with van der Waals surface area (Å²) >= 11 is 0. The third-order valence-corrected chi connectivity index (χ3v) is 4.84. The second-order valence-corrected chi connectivity index (χ2v) is 7.91. The fourth-order valence-electron chi connectivity index (χ4n) is 2.65. The van der Waals surface area contributed by atoms with Crippen LogP contribution in [-0.4, -0.2) is 66.4 Å². The van der Waals surface area contributed by atoms with Gasteiger partial charge in [0.25, 0.3) is 0 Å². The summed E-state index contributed by atoms with van der Waals surface area (Å²) in [6.07, 6.45) is 0.508. The molecule has 0 saturated heterocycles. The highest BCUT2D eigenvalue weighted by Crippen LogP contribution is 2.07. The number of nitrogens with one attached hydrogen (secondary N) is 3. The van der Waals surface area contributed by atoms with Gasteiger partial charge >= 0.3 is 0 Å². The largest absolute Gasteiger partial charge is 0.383 e. The van der Waals surface area contributed by atoms with Crippen molar-refractivity contribution in [3.8, 4) is 0 Å². The number of amides is 3. The van der Waals surface area contributed by atoms with Gasteiger partial charge < -0.3 is 32.5 Å². The molecule has 0 bridgehead atoms. The van der Waals surface area contributed by atoms with Gasteiger partial charge in [-0.1, -0.05) is 27.7 Å². The zero-order valence-electron chi connectivity index (χ0n) is 18.6. The molecule has 0 rings (SSSR count). The van der Waals surface area contributed by atoms with Crippen molar-refractivity contribution in [3.05, 3.63) is 0 Å². The van der Waals surface area contributed by atoms with E-state index >= 15 is 0 Å². The summed E-state index contributed by atoms with van der Waals surface area (Å²) in [5.41, 5.74) is 11.1. The first-order valence-electron chi connectivity index (χ1n) is 10.6. The van der Waals surface area contributed by atoms with Crippen LogP contribution < -0.4 is 27.4 Å². The van der Waals surface area contributed by atoms with Crippen LogP contribution in [0.25, 0.3) is 0 Å². The lowest BCUT2D eigenvalue weighted by molar-refractivity contribution is -0.135. The van der Waals surface area contributed by atoms with Crippen molar-refractivity contribution < 1.29 is 24.3 Å². The van der Waals surface area contributed by atoms with E-state index in [1.165, 1.54) is 0 Å². The van der Waals surface area contributed by atoms with Crippen molar-refractivity contribution in [3.63, 3.8) is 0 Å². The fraction of sp³-hybridized carbons (Fsp3) is 0.800. The molecular formula is C20H39N5O5. The van der Waals surface area contributed by atoms with Gasteiger partial charge in [-0.25, -0.2) is 0 Å². The maximum Gasteiger partial charge on any atom is 0.249 e. The van der Waals surface area contributed by atoms with Crippen LogP contribution in [0, 0.1) is 11.8 Å². The van der Waals surface area contributed by atoms with Crippen molar-refractivity contribution in [1.82, 2.24) is 16.0 Å². The molecule has 10 heteroatoms. The fourth-order valence-corrected chi connectivity index (χ4v) is 2.65. The second-order valence-electron chi connectivity index (χ2n) is 7.91. The summed E-state index contributed by atoms with van der Waals surface area (Å²) in [6, 6.07) is -1.80. The molecule has 4 unspecified atom stereocenters. The van der Waals surface area contributed by atoms with Crippen molar-refractivity contribution >= 4 is 23.5 Å². The minimum atomic E-state index is -1.22. The Morgan fingerprint density at radius 1 is 0.900 bits per heavy atom. The lowest BCUT2D eigenvalue weighted by Gasteiger charge is -2.21. The Hall–Kier alpha value is -2.04. The third-order valence-electron chi connectivity index (χ3n) is 4.84. The molecule has 0 aromatic heterocycles. The smallest absolute Gasteiger partial charge is 0.249 e. The monoisotopic (exact) mass is 429 g/mol. The minimum absolute atomic E-state index is 0.0387. The van der Waals surface area contributed by atoms with E-state index in [-0.39, 0.29) is 44.2 Å². The number of nitrogens with two attached hydrogens (primary N) is 2. The first-order chi connectivity index (χ1) is 14.1. The molecule has 174 valence electrons. The van der Waals surface area contributed by atoms with Gasteiger partial charge in [0, 0.05) is 12.5 Å². The molecule has 30 heavy (non-hydrogen) atoms. The molecule has 0 radical (unpaired) electrons. The van der Waals surface area contributed by atoms with Crippen LogP contribution in [-0.2, 0) is 19.2 Å². The van der Waals surface area contributed by atoms with Crippen LogP contribution in [0.1, 0.15) is 53.4 Å². The number of Topliss-reactive ketones (excluding diaryl/α,β-unsaturated/α-hetero) is 1. The number of ketones is 1. The Morgan fingerprint density at radius 3 is 2.03 bits per heavy atom. The van der Waals surface area contributed by atoms with Gasteiger partial charge in [-0.2, -0.15) is 0 Å². The first kappa shape index (κ1) is 28.0.